The number of carbonyl (C=O) groups excluding carboxylic acids is 1. The van der Waals surface area contributed by atoms with Gasteiger partial charge in [-0.3, -0.25) is 4.79 Å². The first-order valence-electron chi connectivity index (χ1n) is 5.04. The third kappa shape index (κ3) is 3.67. The van der Waals surface area contributed by atoms with Crippen molar-refractivity contribution in [3.05, 3.63) is 35.4 Å². The summed E-state index contributed by atoms with van der Waals surface area (Å²) in [5, 5.41) is 0. The molecule has 1 aromatic rings. The summed E-state index contributed by atoms with van der Waals surface area (Å²) < 4.78 is 0. The fourth-order valence-corrected chi connectivity index (χ4v) is 2.46. The number of halogens is 1. The Balaban J connectivity index is 2.75. The number of carbonyl (C=O) groups is 1. The highest BCUT2D eigenvalue weighted by molar-refractivity contribution is 9.09. The van der Waals surface area contributed by atoms with E-state index in [4.69, 9.17) is 5.73 Å². The van der Waals surface area contributed by atoms with Gasteiger partial charge in [-0.2, -0.15) is 0 Å². The van der Waals surface area contributed by atoms with Crippen LogP contribution in [-0.2, 0) is 0 Å². The number of hydrogen-bond acceptors (Lipinski definition) is 1. The van der Waals surface area contributed by atoms with E-state index in [1.54, 1.807) is 12.1 Å². The highest BCUT2D eigenvalue weighted by atomic mass is 79.9. The van der Waals surface area contributed by atoms with Crippen LogP contribution in [0.25, 0.3) is 0 Å². The molecule has 0 fully saturated rings. The molecule has 0 saturated carbocycles. The minimum absolute atomic E-state index is 0.347. The van der Waals surface area contributed by atoms with Gasteiger partial charge in [0, 0.05) is 10.4 Å². The molecular formula is C12H16BrNO. The van der Waals surface area contributed by atoms with Crippen molar-refractivity contribution in [1.82, 2.24) is 0 Å². The van der Waals surface area contributed by atoms with Gasteiger partial charge >= 0.3 is 0 Å². The lowest BCUT2D eigenvalue weighted by Gasteiger charge is -2.12. The molecule has 15 heavy (non-hydrogen) atoms. The van der Waals surface area contributed by atoms with Gasteiger partial charge in [0.15, 0.2) is 0 Å². The molecule has 1 rings (SSSR count). The first kappa shape index (κ1) is 12.2. The predicted octanol–water partition coefficient (Wildman–Crippen LogP) is 3.27. The quantitative estimate of drug-likeness (QED) is 0.838. The highest BCUT2D eigenvalue weighted by Gasteiger charge is 2.09. The van der Waals surface area contributed by atoms with Crippen LogP contribution in [0.2, 0.25) is 0 Å². The summed E-state index contributed by atoms with van der Waals surface area (Å²) in [6.07, 6.45) is 1.08. The zero-order valence-corrected chi connectivity index (χ0v) is 10.6. The number of alkyl halides is 1. The van der Waals surface area contributed by atoms with Crippen LogP contribution in [0.15, 0.2) is 24.3 Å². The summed E-state index contributed by atoms with van der Waals surface area (Å²) in [7, 11) is 0. The Morgan fingerprint density at radius 3 is 2.27 bits per heavy atom. The van der Waals surface area contributed by atoms with Crippen LogP contribution in [0.1, 0.15) is 41.0 Å². The molecule has 82 valence electrons. The first-order valence-corrected chi connectivity index (χ1v) is 5.96. The maximum absolute atomic E-state index is 10.9. The van der Waals surface area contributed by atoms with E-state index < -0.39 is 0 Å². The van der Waals surface area contributed by atoms with E-state index in [2.05, 4.69) is 29.8 Å². The van der Waals surface area contributed by atoms with E-state index in [0.29, 0.717) is 16.3 Å². The topological polar surface area (TPSA) is 43.1 Å². The Kier molecular flexibility index (Phi) is 4.33. The molecule has 0 aliphatic carbocycles. The fraction of sp³-hybridized carbons (Fsp3) is 0.417. The summed E-state index contributed by atoms with van der Waals surface area (Å²) >= 11 is 3.63. The molecule has 1 amide bonds. The van der Waals surface area contributed by atoms with Crippen LogP contribution < -0.4 is 5.73 Å². The van der Waals surface area contributed by atoms with Crippen molar-refractivity contribution in [3.8, 4) is 0 Å². The summed E-state index contributed by atoms with van der Waals surface area (Å²) in [4.78, 5) is 11.2. The van der Waals surface area contributed by atoms with Crippen molar-refractivity contribution < 1.29 is 4.79 Å². The monoisotopic (exact) mass is 269 g/mol. The second-order valence-electron chi connectivity index (χ2n) is 4.08. The SMILES string of the molecule is CC(C)CC(Br)c1ccc(C(N)=O)cc1. The summed E-state index contributed by atoms with van der Waals surface area (Å²) in [6, 6.07) is 7.43. The van der Waals surface area contributed by atoms with Gasteiger partial charge in [0.05, 0.1) is 0 Å². The van der Waals surface area contributed by atoms with Crippen molar-refractivity contribution in [3.63, 3.8) is 0 Å². The molecule has 1 atom stereocenters. The van der Waals surface area contributed by atoms with E-state index in [0.717, 1.165) is 6.42 Å². The molecule has 0 aliphatic heterocycles. The molecular weight excluding hydrogens is 254 g/mol. The molecule has 0 aliphatic rings. The molecule has 2 nitrogen and oxygen atoms in total. The van der Waals surface area contributed by atoms with Gasteiger partial charge in [-0.1, -0.05) is 41.9 Å². The van der Waals surface area contributed by atoms with Crippen LogP contribution in [0.3, 0.4) is 0 Å². The number of primary amides is 1. The van der Waals surface area contributed by atoms with Crippen molar-refractivity contribution >= 4 is 21.8 Å². The second kappa shape index (κ2) is 5.31. The van der Waals surface area contributed by atoms with Crippen molar-refractivity contribution in [2.45, 2.75) is 25.1 Å². The number of nitrogens with two attached hydrogens (primary N) is 1. The number of benzene rings is 1. The van der Waals surface area contributed by atoms with Gasteiger partial charge in [0.25, 0.3) is 0 Å². The van der Waals surface area contributed by atoms with E-state index in [9.17, 15) is 4.79 Å². The van der Waals surface area contributed by atoms with Gasteiger partial charge in [-0.25, -0.2) is 0 Å². The van der Waals surface area contributed by atoms with E-state index in [-0.39, 0.29) is 5.91 Å². The van der Waals surface area contributed by atoms with Crippen LogP contribution in [0, 0.1) is 5.92 Å². The molecule has 0 radical (unpaired) electrons. The molecule has 0 bridgehead atoms. The Morgan fingerprint density at radius 2 is 1.87 bits per heavy atom. The molecule has 0 saturated heterocycles. The smallest absolute Gasteiger partial charge is 0.248 e. The molecule has 0 spiro atoms. The van der Waals surface area contributed by atoms with E-state index in [1.807, 2.05) is 12.1 Å². The van der Waals surface area contributed by atoms with Crippen LogP contribution >= 0.6 is 15.9 Å². The maximum Gasteiger partial charge on any atom is 0.248 e. The van der Waals surface area contributed by atoms with Crippen molar-refractivity contribution in [2.24, 2.45) is 11.7 Å². The lowest BCUT2D eigenvalue weighted by molar-refractivity contribution is 0.100. The normalized spacial score (nSPS) is 12.8. The number of hydrogen-bond donors (Lipinski definition) is 1. The molecule has 1 unspecified atom stereocenters. The average molecular weight is 270 g/mol. The van der Waals surface area contributed by atoms with Gasteiger partial charge in [-0.15, -0.1) is 0 Å². The second-order valence-corrected chi connectivity index (χ2v) is 5.19. The molecule has 1 aromatic carbocycles. The number of amides is 1. The van der Waals surface area contributed by atoms with Gasteiger partial charge in [0.2, 0.25) is 5.91 Å². The molecule has 0 heterocycles. The number of rotatable bonds is 4. The van der Waals surface area contributed by atoms with Crippen LogP contribution in [0.4, 0.5) is 0 Å². The molecule has 0 aromatic heterocycles. The fourth-order valence-electron chi connectivity index (χ4n) is 1.41. The highest BCUT2D eigenvalue weighted by Crippen LogP contribution is 2.29. The zero-order chi connectivity index (χ0) is 11.4. The Bertz CT molecular complexity index is 332. The maximum atomic E-state index is 10.9. The largest absolute Gasteiger partial charge is 0.366 e. The molecule has 2 N–H and O–H groups in total. The third-order valence-corrected chi connectivity index (χ3v) is 3.14. The van der Waals surface area contributed by atoms with Crippen molar-refractivity contribution in [1.29, 1.82) is 0 Å². The lowest BCUT2D eigenvalue weighted by atomic mass is 10.0. The minimum atomic E-state index is -0.378. The van der Waals surface area contributed by atoms with Gasteiger partial charge in [-0.05, 0) is 30.0 Å². The zero-order valence-electron chi connectivity index (χ0n) is 9.03. The third-order valence-electron chi connectivity index (χ3n) is 2.24. The van der Waals surface area contributed by atoms with E-state index in [1.165, 1.54) is 5.56 Å². The summed E-state index contributed by atoms with van der Waals surface area (Å²) in [5.41, 5.74) is 6.92. The minimum Gasteiger partial charge on any atom is -0.366 e. The molecule has 3 heteroatoms. The van der Waals surface area contributed by atoms with Crippen molar-refractivity contribution in [2.75, 3.05) is 0 Å². The van der Waals surface area contributed by atoms with Gasteiger partial charge < -0.3 is 5.73 Å². The van der Waals surface area contributed by atoms with Crippen LogP contribution in [-0.4, -0.2) is 5.91 Å². The Morgan fingerprint density at radius 1 is 1.33 bits per heavy atom. The first-order chi connectivity index (χ1) is 7.00. The predicted molar refractivity (Wildman–Crippen MR) is 66.1 cm³/mol. The van der Waals surface area contributed by atoms with Gasteiger partial charge in [0.1, 0.15) is 0 Å². The Hall–Kier alpha value is -0.830. The van der Waals surface area contributed by atoms with Crippen LogP contribution in [0.5, 0.6) is 0 Å². The summed E-state index contributed by atoms with van der Waals surface area (Å²) in [6.45, 7) is 4.37. The standard InChI is InChI=1S/C12H16BrNO/c1-8(2)7-11(13)9-3-5-10(6-4-9)12(14)15/h3-6,8,11H,7H2,1-2H3,(H2,14,15). The average Bonchev–Trinajstić information content (AvgIpc) is 2.17. The summed E-state index contributed by atoms with van der Waals surface area (Å²) in [5.74, 6) is 0.265. The van der Waals surface area contributed by atoms with E-state index >= 15 is 0 Å². The Labute approximate surface area is 99.0 Å². The lowest BCUT2D eigenvalue weighted by Crippen LogP contribution is -2.10.